The fourth-order valence-corrected chi connectivity index (χ4v) is 5.86. The van der Waals surface area contributed by atoms with Crippen molar-refractivity contribution < 1.29 is 18.4 Å². The number of nitrogens with one attached hydrogen (secondary N) is 2. The number of aromatic nitrogens is 3. The van der Waals surface area contributed by atoms with E-state index in [1.54, 1.807) is 28.0 Å². The first-order valence-electron chi connectivity index (χ1n) is 13.7. The molecule has 42 heavy (non-hydrogen) atoms. The number of rotatable bonds is 6. The first kappa shape index (κ1) is 27.3. The van der Waals surface area contributed by atoms with Gasteiger partial charge in [0.1, 0.15) is 24.3 Å². The zero-order valence-electron chi connectivity index (χ0n) is 23.3. The molecule has 1 amide bonds. The third-order valence-corrected chi connectivity index (χ3v) is 7.57. The molecule has 3 aromatic carbocycles. The zero-order chi connectivity index (χ0) is 29.4. The molecule has 1 unspecified atom stereocenters. The van der Waals surface area contributed by atoms with E-state index in [2.05, 4.69) is 20.7 Å². The number of carbonyl (C=O) groups is 2. The molecule has 2 aliphatic rings. The quantitative estimate of drug-likeness (QED) is 0.303. The number of carbonyl (C=O) groups excluding carboxylic acids is 2. The van der Waals surface area contributed by atoms with Crippen LogP contribution in [-0.4, -0.2) is 33.0 Å². The highest BCUT2D eigenvalue weighted by Gasteiger charge is 2.42. The van der Waals surface area contributed by atoms with Crippen LogP contribution >= 0.6 is 0 Å². The largest absolute Gasteiger partial charge is 0.357 e. The minimum absolute atomic E-state index is 0.121. The topological polar surface area (TPSA) is 92.2 Å². The lowest BCUT2D eigenvalue weighted by Gasteiger charge is -2.37. The van der Waals surface area contributed by atoms with Crippen LogP contribution in [0.2, 0.25) is 0 Å². The van der Waals surface area contributed by atoms with Crippen molar-refractivity contribution in [1.82, 2.24) is 14.8 Å². The molecule has 1 aliphatic carbocycles. The van der Waals surface area contributed by atoms with Gasteiger partial charge in [-0.1, -0.05) is 38.1 Å². The molecular formula is C32H30F2N6O2. The van der Waals surface area contributed by atoms with E-state index in [1.807, 2.05) is 50.2 Å². The minimum atomic E-state index is -0.888. The van der Waals surface area contributed by atoms with Gasteiger partial charge in [0.05, 0.1) is 30.5 Å². The van der Waals surface area contributed by atoms with Crippen LogP contribution in [0.1, 0.15) is 43.9 Å². The number of Topliss-reactive ketones (excluding diaryl/α,β-unsaturated/α-hetero) is 1. The number of nitrogens with zero attached hydrogens (tertiary/aromatic N) is 4. The molecule has 0 saturated heterocycles. The summed E-state index contributed by atoms with van der Waals surface area (Å²) in [5, 5.41) is 10.5. The third kappa shape index (κ3) is 5.65. The van der Waals surface area contributed by atoms with Gasteiger partial charge in [0.25, 0.3) is 0 Å². The average Bonchev–Trinajstić information content (AvgIpc) is 3.38. The van der Waals surface area contributed by atoms with Gasteiger partial charge in [-0.25, -0.2) is 18.4 Å². The minimum Gasteiger partial charge on any atom is -0.357 e. The Morgan fingerprint density at radius 1 is 1.05 bits per heavy atom. The van der Waals surface area contributed by atoms with Crippen LogP contribution in [0.15, 0.2) is 90.7 Å². The van der Waals surface area contributed by atoms with Crippen molar-refractivity contribution in [3.63, 3.8) is 0 Å². The van der Waals surface area contributed by atoms with Crippen molar-refractivity contribution >= 4 is 28.8 Å². The number of ketones is 1. The Kier molecular flexibility index (Phi) is 7.06. The van der Waals surface area contributed by atoms with Gasteiger partial charge < -0.3 is 15.5 Å². The maximum atomic E-state index is 14.6. The number of amides is 1. The van der Waals surface area contributed by atoms with Crippen LogP contribution < -0.4 is 15.5 Å². The maximum absolute atomic E-state index is 14.6. The molecule has 4 aromatic rings. The predicted octanol–water partition coefficient (Wildman–Crippen LogP) is 5.86. The monoisotopic (exact) mass is 568 g/mol. The second kappa shape index (κ2) is 10.8. The number of hydrogen-bond acceptors (Lipinski definition) is 6. The highest BCUT2D eigenvalue weighted by molar-refractivity contribution is 6.02. The molecule has 0 fully saturated rings. The van der Waals surface area contributed by atoms with Gasteiger partial charge in [0.15, 0.2) is 5.78 Å². The van der Waals surface area contributed by atoms with E-state index in [-0.39, 0.29) is 35.6 Å². The molecule has 0 radical (unpaired) electrons. The van der Waals surface area contributed by atoms with Crippen molar-refractivity contribution in [2.45, 2.75) is 39.3 Å². The van der Waals surface area contributed by atoms with Gasteiger partial charge in [0, 0.05) is 29.4 Å². The van der Waals surface area contributed by atoms with Crippen LogP contribution in [0.3, 0.4) is 0 Å². The number of hydrogen-bond donors (Lipinski definition) is 2. The standard InChI is InChI=1S/C32H30F2N6O2/c1-32(2)14-26-30(28(41)15-32)31(21-11-22(33)13-23(34)12-21)40(27-6-4-3-5-25(27)38-26)17-29(42)37-24-9-7-20(8-10-24)16-39-19-35-18-36-39/h3-13,18-19,31,38H,14-17H2,1-2H3,(H,37,42). The maximum Gasteiger partial charge on any atom is 0.243 e. The van der Waals surface area contributed by atoms with Crippen LogP contribution in [0.5, 0.6) is 0 Å². The third-order valence-electron chi connectivity index (χ3n) is 7.57. The summed E-state index contributed by atoms with van der Waals surface area (Å²) in [4.78, 5) is 33.0. The SMILES string of the molecule is CC1(C)CC(=O)C2=C(C1)Nc1ccccc1N(CC(=O)Nc1ccc(Cn3cncn3)cc1)C2c1cc(F)cc(F)c1. The normalized spacial score (nSPS) is 17.7. The van der Waals surface area contributed by atoms with Crippen LogP contribution in [0.25, 0.3) is 0 Å². The molecule has 2 heterocycles. The Labute approximate surface area is 242 Å². The average molecular weight is 569 g/mol. The molecule has 8 nitrogen and oxygen atoms in total. The van der Waals surface area contributed by atoms with E-state index in [9.17, 15) is 18.4 Å². The lowest BCUT2D eigenvalue weighted by atomic mass is 9.73. The molecular weight excluding hydrogens is 538 g/mol. The highest BCUT2D eigenvalue weighted by atomic mass is 19.1. The molecule has 0 bridgehead atoms. The van der Waals surface area contributed by atoms with Gasteiger partial charge in [-0.3, -0.25) is 9.59 Å². The molecule has 2 N–H and O–H groups in total. The molecule has 1 aliphatic heterocycles. The lowest BCUT2D eigenvalue weighted by molar-refractivity contribution is -0.119. The molecule has 0 spiro atoms. The van der Waals surface area contributed by atoms with Crippen LogP contribution in [-0.2, 0) is 16.1 Å². The number of allylic oxidation sites excluding steroid dienone is 1. The van der Waals surface area contributed by atoms with Gasteiger partial charge in [-0.2, -0.15) is 5.10 Å². The number of anilines is 3. The summed E-state index contributed by atoms with van der Waals surface area (Å²) >= 11 is 0. The van der Waals surface area contributed by atoms with E-state index >= 15 is 0 Å². The van der Waals surface area contributed by atoms with Gasteiger partial charge in [-0.05, 0) is 59.4 Å². The van der Waals surface area contributed by atoms with Gasteiger partial charge in [-0.15, -0.1) is 0 Å². The second-order valence-corrected chi connectivity index (χ2v) is 11.5. The van der Waals surface area contributed by atoms with Crippen molar-refractivity contribution in [1.29, 1.82) is 0 Å². The smallest absolute Gasteiger partial charge is 0.243 e. The molecule has 0 saturated carbocycles. The fraction of sp³-hybridized carbons (Fsp3) is 0.250. The second-order valence-electron chi connectivity index (χ2n) is 11.5. The highest BCUT2D eigenvalue weighted by Crippen LogP contribution is 2.48. The van der Waals surface area contributed by atoms with Gasteiger partial charge >= 0.3 is 0 Å². The Bertz CT molecular complexity index is 1660. The summed E-state index contributed by atoms with van der Waals surface area (Å²) in [7, 11) is 0. The Hall–Kier alpha value is -4.86. The van der Waals surface area contributed by atoms with Crippen LogP contribution in [0.4, 0.5) is 25.8 Å². The summed E-state index contributed by atoms with van der Waals surface area (Å²) < 4.78 is 30.9. The van der Waals surface area contributed by atoms with E-state index in [0.717, 1.165) is 11.6 Å². The molecule has 214 valence electrons. The summed E-state index contributed by atoms with van der Waals surface area (Å²) in [6, 6.07) is 17.2. The van der Waals surface area contributed by atoms with Crippen molar-refractivity contribution in [3.8, 4) is 0 Å². The van der Waals surface area contributed by atoms with Crippen LogP contribution in [0, 0.1) is 17.0 Å². The van der Waals surface area contributed by atoms with Crippen molar-refractivity contribution in [2.24, 2.45) is 5.41 Å². The summed E-state index contributed by atoms with van der Waals surface area (Å²) in [6.07, 6.45) is 3.94. The summed E-state index contributed by atoms with van der Waals surface area (Å²) in [6.45, 7) is 4.41. The first-order valence-corrected chi connectivity index (χ1v) is 13.7. The zero-order valence-corrected chi connectivity index (χ0v) is 23.3. The lowest BCUT2D eigenvalue weighted by Crippen LogP contribution is -2.40. The number of para-hydroxylation sites is 2. The van der Waals surface area contributed by atoms with Crippen molar-refractivity contribution in [3.05, 3.63) is 113 Å². The Morgan fingerprint density at radius 2 is 1.79 bits per heavy atom. The number of benzene rings is 3. The molecule has 10 heteroatoms. The molecule has 6 rings (SSSR count). The van der Waals surface area contributed by atoms with Gasteiger partial charge in [0.2, 0.25) is 5.91 Å². The van der Waals surface area contributed by atoms with Crippen molar-refractivity contribution in [2.75, 3.05) is 22.1 Å². The van der Waals surface area contributed by atoms with E-state index in [0.29, 0.717) is 41.3 Å². The molecule has 1 atom stereocenters. The molecule has 1 aromatic heterocycles. The predicted molar refractivity (Wildman–Crippen MR) is 156 cm³/mol. The fourth-order valence-electron chi connectivity index (χ4n) is 5.86. The Balaban J connectivity index is 1.37. The Morgan fingerprint density at radius 3 is 2.50 bits per heavy atom. The summed E-state index contributed by atoms with van der Waals surface area (Å²) in [5.74, 6) is -1.97. The van der Waals surface area contributed by atoms with E-state index < -0.39 is 17.7 Å². The number of fused-ring (bicyclic) bond motifs is 1. The van der Waals surface area contributed by atoms with E-state index in [1.165, 1.54) is 18.5 Å². The van der Waals surface area contributed by atoms with E-state index in [4.69, 9.17) is 0 Å². The first-order chi connectivity index (χ1) is 20.1. The number of halogens is 2. The summed E-state index contributed by atoms with van der Waals surface area (Å²) in [5.41, 5.74) is 4.00.